The molecule has 1 fully saturated rings. The van der Waals surface area contributed by atoms with Crippen molar-refractivity contribution in [3.05, 3.63) is 95.0 Å². The number of urea groups is 1. The number of carbonyl (C=O) groups is 1. The van der Waals surface area contributed by atoms with Gasteiger partial charge in [-0.3, -0.25) is 5.32 Å². The number of rotatable bonds is 3. The standard InChI is InChI=1S/C25H21ClF2N6O/c26-21-14-19(28)9-10-22(21)32-24(30-16-29)33-11-12-34(23(15-33)17-5-2-1-3-6-17)25(35)31-20-8-4-7-18(27)13-20/h1-10,13-14,23H,11-12,15H2,(H,30,32)(H,31,35). The highest BCUT2D eigenvalue weighted by Crippen LogP contribution is 2.29. The first-order chi connectivity index (χ1) is 16.9. The van der Waals surface area contributed by atoms with Crippen LogP contribution in [0, 0.1) is 23.1 Å². The van der Waals surface area contributed by atoms with Crippen LogP contribution in [0.5, 0.6) is 0 Å². The van der Waals surface area contributed by atoms with Crippen LogP contribution in [-0.4, -0.2) is 41.4 Å². The summed E-state index contributed by atoms with van der Waals surface area (Å²) in [5.74, 6) is -0.715. The number of aliphatic imine (C=N–C) groups is 1. The molecule has 1 aliphatic rings. The van der Waals surface area contributed by atoms with Crippen molar-refractivity contribution in [3.8, 4) is 6.19 Å². The lowest BCUT2D eigenvalue weighted by Gasteiger charge is -2.42. The van der Waals surface area contributed by atoms with Crippen LogP contribution >= 0.6 is 11.6 Å². The third-order valence-electron chi connectivity index (χ3n) is 5.50. The molecule has 1 atom stereocenters. The number of piperazine rings is 1. The molecule has 0 radical (unpaired) electrons. The number of hydrogen-bond acceptors (Lipinski definition) is 3. The molecule has 0 bridgehead atoms. The highest BCUT2D eigenvalue weighted by molar-refractivity contribution is 6.33. The van der Waals surface area contributed by atoms with Crippen LogP contribution in [0.2, 0.25) is 5.02 Å². The van der Waals surface area contributed by atoms with E-state index < -0.39 is 17.7 Å². The van der Waals surface area contributed by atoms with Gasteiger partial charge in [-0.25, -0.2) is 18.6 Å². The fraction of sp³-hybridized carbons (Fsp3) is 0.160. The van der Waals surface area contributed by atoms with Gasteiger partial charge in [0, 0.05) is 25.3 Å². The zero-order chi connectivity index (χ0) is 24.8. The normalized spacial score (nSPS) is 15.9. The van der Waals surface area contributed by atoms with Crippen LogP contribution in [0.1, 0.15) is 11.6 Å². The summed E-state index contributed by atoms with van der Waals surface area (Å²) in [5, 5.41) is 14.7. The summed E-state index contributed by atoms with van der Waals surface area (Å²) in [6, 6.07) is 18.1. The van der Waals surface area contributed by atoms with E-state index in [1.54, 1.807) is 11.0 Å². The zero-order valence-corrected chi connectivity index (χ0v) is 19.2. The Hall–Kier alpha value is -4.16. The summed E-state index contributed by atoms with van der Waals surface area (Å²) in [6.45, 7) is 0.961. The molecule has 0 spiro atoms. The topological polar surface area (TPSA) is 83.8 Å². The maximum Gasteiger partial charge on any atom is 0.322 e. The number of nitrogens with one attached hydrogen (secondary N) is 2. The molecule has 2 N–H and O–H groups in total. The lowest BCUT2D eigenvalue weighted by molar-refractivity contribution is 0.135. The first-order valence-corrected chi connectivity index (χ1v) is 11.1. The second kappa shape index (κ2) is 10.8. The molecule has 10 heteroatoms. The van der Waals surface area contributed by atoms with E-state index in [0.717, 1.165) is 11.6 Å². The summed E-state index contributed by atoms with van der Waals surface area (Å²) in [4.78, 5) is 21.1. The average molecular weight is 495 g/mol. The van der Waals surface area contributed by atoms with Gasteiger partial charge in [-0.05, 0) is 42.0 Å². The van der Waals surface area contributed by atoms with E-state index in [4.69, 9.17) is 11.6 Å². The van der Waals surface area contributed by atoms with Crippen molar-refractivity contribution < 1.29 is 13.6 Å². The summed E-state index contributed by atoms with van der Waals surface area (Å²) in [6.07, 6.45) is 1.87. The maximum atomic E-state index is 13.6. The smallest absolute Gasteiger partial charge is 0.322 e. The van der Waals surface area contributed by atoms with Crippen molar-refractivity contribution in [2.45, 2.75) is 6.04 Å². The number of carbonyl (C=O) groups excluding carboxylic acids is 1. The van der Waals surface area contributed by atoms with Crippen molar-refractivity contribution in [1.82, 2.24) is 15.1 Å². The molecular weight excluding hydrogens is 474 g/mol. The van der Waals surface area contributed by atoms with E-state index in [2.05, 4.69) is 15.6 Å². The van der Waals surface area contributed by atoms with Crippen LogP contribution in [0.4, 0.5) is 25.0 Å². The number of anilines is 1. The SMILES string of the molecule is N#CNC(=Nc1ccc(F)cc1Cl)N1CCN(C(=O)Nc2cccc(F)c2)C(c2ccccc2)C1. The summed E-state index contributed by atoms with van der Waals surface area (Å²) in [5.41, 5.74) is 1.53. The first-order valence-electron chi connectivity index (χ1n) is 10.8. The van der Waals surface area contributed by atoms with Gasteiger partial charge in [0.05, 0.1) is 16.8 Å². The van der Waals surface area contributed by atoms with E-state index >= 15 is 0 Å². The Kier molecular flexibility index (Phi) is 7.43. The Morgan fingerprint density at radius 1 is 1.03 bits per heavy atom. The molecule has 1 aliphatic heterocycles. The van der Waals surface area contributed by atoms with Crippen molar-refractivity contribution >= 4 is 35.0 Å². The molecule has 3 aromatic rings. The summed E-state index contributed by atoms with van der Waals surface area (Å²) in [7, 11) is 0. The molecule has 4 rings (SSSR count). The van der Waals surface area contributed by atoms with Crippen LogP contribution in [-0.2, 0) is 0 Å². The van der Waals surface area contributed by atoms with Gasteiger partial charge < -0.3 is 15.1 Å². The second-order valence-corrected chi connectivity index (χ2v) is 8.18. The number of nitriles is 1. The molecule has 7 nitrogen and oxygen atoms in total. The first kappa shape index (κ1) is 24.0. The number of hydrogen-bond donors (Lipinski definition) is 2. The maximum absolute atomic E-state index is 13.6. The van der Waals surface area contributed by atoms with Crippen LogP contribution < -0.4 is 10.6 Å². The van der Waals surface area contributed by atoms with E-state index in [1.807, 2.05) is 41.4 Å². The number of guanidine groups is 1. The lowest BCUT2D eigenvalue weighted by atomic mass is 10.0. The van der Waals surface area contributed by atoms with Gasteiger partial charge in [0.15, 0.2) is 6.19 Å². The van der Waals surface area contributed by atoms with Crippen LogP contribution in [0.3, 0.4) is 0 Å². The van der Waals surface area contributed by atoms with E-state index in [0.29, 0.717) is 31.0 Å². The van der Waals surface area contributed by atoms with Gasteiger partial charge >= 0.3 is 6.03 Å². The Morgan fingerprint density at radius 3 is 2.51 bits per heavy atom. The Morgan fingerprint density at radius 2 is 1.80 bits per heavy atom. The molecule has 0 aliphatic carbocycles. The molecule has 0 aromatic heterocycles. The minimum Gasteiger partial charge on any atom is -0.338 e. The van der Waals surface area contributed by atoms with E-state index in [1.165, 1.54) is 30.3 Å². The fourth-order valence-electron chi connectivity index (χ4n) is 3.85. The van der Waals surface area contributed by atoms with Crippen molar-refractivity contribution in [3.63, 3.8) is 0 Å². The molecule has 0 saturated carbocycles. The Balaban J connectivity index is 1.62. The molecule has 2 amide bonds. The van der Waals surface area contributed by atoms with Crippen LogP contribution in [0.25, 0.3) is 0 Å². The predicted octanol–water partition coefficient (Wildman–Crippen LogP) is 5.27. The quantitative estimate of drug-likeness (QED) is 0.225. The zero-order valence-electron chi connectivity index (χ0n) is 18.5. The highest BCUT2D eigenvalue weighted by atomic mass is 35.5. The van der Waals surface area contributed by atoms with E-state index in [9.17, 15) is 18.8 Å². The monoisotopic (exact) mass is 494 g/mol. The second-order valence-electron chi connectivity index (χ2n) is 7.77. The lowest BCUT2D eigenvalue weighted by Crippen LogP contribution is -2.55. The molecule has 35 heavy (non-hydrogen) atoms. The number of benzene rings is 3. The molecule has 3 aromatic carbocycles. The predicted molar refractivity (Wildman–Crippen MR) is 130 cm³/mol. The Labute approximate surface area is 206 Å². The fourth-order valence-corrected chi connectivity index (χ4v) is 4.06. The Bertz CT molecular complexity index is 1280. The molecular formula is C25H21ClF2N6O. The van der Waals surface area contributed by atoms with Crippen LogP contribution in [0.15, 0.2) is 77.8 Å². The van der Waals surface area contributed by atoms with Crippen molar-refractivity contribution in [1.29, 1.82) is 5.26 Å². The highest BCUT2D eigenvalue weighted by Gasteiger charge is 2.33. The third-order valence-corrected chi connectivity index (χ3v) is 5.81. The molecule has 1 heterocycles. The average Bonchev–Trinajstić information content (AvgIpc) is 2.85. The number of amides is 2. The van der Waals surface area contributed by atoms with Gasteiger partial charge in [0.1, 0.15) is 11.6 Å². The molecule has 178 valence electrons. The summed E-state index contributed by atoms with van der Waals surface area (Å²) < 4.78 is 27.0. The third kappa shape index (κ3) is 5.86. The molecule has 1 saturated heterocycles. The molecule has 1 unspecified atom stereocenters. The van der Waals surface area contributed by atoms with Gasteiger partial charge in [-0.1, -0.05) is 48.0 Å². The largest absolute Gasteiger partial charge is 0.338 e. The van der Waals surface area contributed by atoms with Gasteiger partial charge in [-0.2, -0.15) is 5.26 Å². The van der Waals surface area contributed by atoms with E-state index in [-0.39, 0.29) is 17.0 Å². The minimum atomic E-state index is -0.495. The minimum absolute atomic E-state index is 0.106. The van der Waals surface area contributed by atoms with Gasteiger partial charge in [0.2, 0.25) is 5.96 Å². The van der Waals surface area contributed by atoms with Gasteiger partial charge in [0.25, 0.3) is 0 Å². The van der Waals surface area contributed by atoms with Gasteiger partial charge in [-0.15, -0.1) is 0 Å². The number of nitrogens with zero attached hydrogens (tertiary/aromatic N) is 4. The van der Waals surface area contributed by atoms with Crippen molar-refractivity contribution in [2.24, 2.45) is 4.99 Å². The number of halogens is 3. The van der Waals surface area contributed by atoms with Crippen molar-refractivity contribution in [2.75, 3.05) is 25.0 Å². The summed E-state index contributed by atoms with van der Waals surface area (Å²) >= 11 is 6.13.